The molecule has 2 heteroatoms. The van der Waals surface area contributed by atoms with Gasteiger partial charge in [-0.25, -0.2) is 0 Å². The molecule has 2 nitrogen and oxygen atoms in total. The molecule has 0 atom stereocenters. The zero-order valence-corrected chi connectivity index (χ0v) is 8.74. The molecule has 0 aromatic rings. The second-order valence-electron chi connectivity index (χ2n) is 3.63. The topological polar surface area (TPSA) is 24.1 Å². The number of allylic oxidation sites excluding steroid dienone is 6. The van der Waals surface area contributed by atoms with Crippen molar-refractivity contribution in [1.29, 1.82) is 0 Å². The molecule has 0 spiro atoms. The van der Waals surface area contributed by atoms with Crippen LogP contribution in [-0.2, 0) is 0 Å². The Balaban J connectivity index is 1.84. The summed E-state index contributed by atoms with van der Waals surface area (Å²) in [7, 11) is 0. The summed E-state index contributed by atoms with van der Waals surface area (Å²) < 4.78 is 0. The normalized spacial score (nSPS) is 19.5. The van der Waals surface area contributed by atoms with Crippen molar-refractivity contribution in [3.8, 4) is 0 Å². The van der Waals surface area contributed by atoms with Gasteiger partial charge < -0.3 is 10.6 Å². The molecule has 0 bridgehead atoms. The minimum Gasteiger partial charge on any atom is -0.387 e. The standard InChI is InChI=1S/C13H16N2/c1(4-12-6-2-8-14-10-12)5-13-7-3-9-15-11-13/h1-4,6-7,9-10,14-15H,5,8,11H2/b4-1+. The van der Waals surface area contributed by atoms with Gasteiger partial charge in [-0.05, 0) is 29.8 Å². The molecule has 15 heavy (non-hydrogen) atoms. The highest BCUT2D eigenvalue weighted by molar-refractivity contribution is 5.33. The second kappa shape index (κ2) is 5.25. The van der Waals surface area contributed by atoms with E-state index in [1.807, 2.05) is 18.5 Å². The summed E-state index contributed by atoms with van der Waals surface area (Å²) in [6.45, 7) is 1.91. The van der Waals surface area contributed by atoms with Crippen LogP contribution in [0, 0.1) is 0 Å². The van der Waals surface area contributed by atoms with E-state index in [9.17, 15) is 0 Å². The fourth-order valence-corrected chi connectivity index (χ4v) is 1.58. The second-order valence-corrected chi connectivity index (χ2v) is 3.63. The van der Waals surface area contributed by atoms with Crippen LogP contribution < -0.4 is 10.6 Å². The van der Waals surface area contributed by atoms with Crippen molar-refractivity contribution >= 4 is 0 Å². The molecule has 78 valence electrons. The van der Waals surface area contributed by atoms with Crippen molar-refractivity contribution in [2.75, 3.05) is 13.1 Å². The van der Waals surface area contributed by atoms with E-state index in [-0.39, 0.29) is 0 Å². The van der Waals surface area contributed by atoms with Gasteiger partial charge in [0.05, 0.1) is 0 Å². The molecule has 0 aromatic carbocycles. The molecule has 0 saturated heterocycles. The summed E-state index contributed by atoms with van der Waals surface area (Å²) in [5.41, 5.74) is 2.66. The van der Waals surface area contributed by atoms with Crippen LogP contribution in [-0.4, -0.2) is 13.1 Å². The van der Waals surface area contributed by atoms with Crippen LogP contribution in [0.5, 0.6) is 0 Å². The van der Waals surface area contributed by atoms with Gasteiger partial charge >= 0.3 is 0 Å². The Hall–Kier alpha value is -1.70. The van der Waals surface area contributed by atoms with Gasteiger partial charge in [-0.15, -0.1) is 0 Å². The summed E-state index contributed by atoms with van der Waals surface area (Å²) in [5.74, 6) is 0. The third-order valence-electron chi connectivity index (χ3n) is 2.38. The Kier molecular flexibility index (Phi) is 3.44. The molecule has 2 aliphatic rings. The summed E-state index contributed by atoms with van der Waals surface area (Å²) >= 11 is 0. The van der Waals surface area contributed by atoms with E-state index in [2.05, 4.69) is 41.0 Å². The van der Waals surface area contributed by atoms with Gasteiger partial charge in [0.1, 0.15) is 0 Å². The van der Waals surface area contributed by atoms with Gasteiger partial charge in [-0.3, -0.25) is 0 Å². The van der Waals surface area contributed by atoms with Gasteiger partial charge in [-0.2, -0.15) is 0 Å². The number of dihydropyridines is 2. The van der Waals surface area contributed by atoms with Crippen molar-refractivity contribution in [1.82, 2.24) is 10.6 Å². The van der Waals surface area contributed by atoms with Gasteiger partial charge in [0.2, 0.25) is 0 Å². The first-order valence-corrected chi connectivity index (χ1v) is 5.30. The molecule has 0 unspecified atom stereocenters. The molecule has 0 radical (unpaired) electrons. The van der Waals surface area contributed by atoms with E-state index >= 15 is 0 Å². The molecular weight excluding hydrogens is 184 g/mol. The summed E-state index contributed by atoms with van der Waals surface area (Å²) in [4.78, 5) is 0. The fourth-order valence-electron chi connectivity index (χ4n) is 1.58. The molecule has 2 aliphatic heterocycles. The first-order valence-electron chi connectivity index (χ1n) is 5.30. The summed E-state index contributed by atoms with van der Waals surface area (Å²) in [6.07, 6.45) is 17.9. The van der Waals surface area contributed by atoms with Crippen LogP contribution in [0.4, 0.5) is 0 Å². The largest absolute Gasteiger partial charge is 0.387 e. The van der Waals surface area contributed by atoms with E-state index < -0.39 is 0 Å². The van der Waals surface area contributed by atoms with Crippen LogP contribution in [0.1, 0.15) is 6.42 Å². The van der Waals surface area contributed by atoms with Crippen LogP contribution in [0.3, 0.4) is 0 Å². The third kappa shape index (κ3) is 3.17. The number of nitrogens with one attached hydrogen (secondary N) is 2. The van der Waals surface area contributed by atoms with Gasteiger partial charge in [0, 0.05) is 19.3 Å². The van der Waals surface area contributed by atoms with Crippen LogP contribution >= 0.6 is 0 Å². The maximum atomic E-state index is 3.20. The maximum absolute atomic E-state index is 3.20. The zero-order valence-electron chi connectivity index (χ0n) is 8.74. The maximum Gasteiger partial charge on any atom is 0.0360 e. The third-order valence-corrected chi connectivity index (χ3v) is 2.38. The molecule has 0 saturated carbocycles. The first kappa shape index (κ1) is 9.84. The van der Waals surface area contributed by atoms with Crippen molar-refractivity contribution in [2.45, 2.75) is 6.42 Å². The van der Waals surface area contributed by atoms with E-state index in [0.29, 0.717) is 0 Å². The molecule has 0 fully saturated rings. The van der Waals surface area contributed by atoms with E-state index in [0.717, 1.165) is 19.5 Å². The molecule has 2 heterocycles. The predicted molar refractivity (Wildman–Crippen MR) is 64.2 cm³/mol. The average molecular weight is 200 g/mol. The highest BCUT2D eigenvalue weighted by Crippen LogP contribution is 2.07. The van der Waals surface area contributed by atoms with Crippen LogP contribution in [0.15, 0.2) is 60.0 Å². The van der Waals surface area contributed by atoms with E-state index in [1.54, 1.807) is 0 Å². The van der Waals surface area contributed by atoms with E-state index in [1.165, 1.54) is 11.1 Å². The Bertz CT molecular complexity index is 357. The highest BCUT2D eigenvalue weighted by atomic mass is 14.8. The Morgan fingerprint density at radius 2 is 2.33 bits per heavy atom. The number of rotatable bonds is 3. The van der Waals surface area contributed by atoms with Gasteiger partial charge in [-0.1, -0.05) is 30.4 Å². The lowest BCUT2D eigenvalue weighted by atomic mass is 10.1. The SMILES string of the molecule is C1=CNCC(C/C=C/C2=CNCC=C2)=C1. The minimum absolute atomic E-state index is 0.942. The predicted octanol–water partition coefficient (Wildman–Crippen LogP) is 2.02. The highest BCUT2D eigenvalue weighted by Gasteiger charge is 1.96. The number of hydrogen-bond acceptors (Lipinski definition) is 2. The molecular formula is C13H16N2. The molecule has 2 rings (SSSR count). The van der Waals surface area contributed by atoms with E-state index in [4.69, 9.17) is 0 Å². The first-order chi connectivity index (χ1) is 7.45. The summed E-state index contributed by atoms with van der Waals surface area (Å²) in [5, 5.41) is 6.38. The zero-order chi connectivity index (χ0) is 10.3. The lowest BCUT2D eigenvalue weighted by Crippen LogP contribution is -2.12. The van der Waals surface area contributed by atoms with Crippen LogP contribution in [0.25, 0.3) is 0 Å². The Morgan fingerprint density at radius 1 is 1.33 bits per heavy atom. The number of hydrogen-bond donors (Lipinski definition) is 2. The lowest BCUT2D eigenvalue weighted by Gasteiger charge is -2.08. The minimum atomic E-state index is 0.942. The smallest absolute Gasteiger partial charge is 0.0360 e. The molecule has 0 amide bonds. The monoisotopic (exact) mass is 200 g/mol. The molecule has 0 aromatic heterocycles. The van der Waals surface area contributed by atoms with Crippen molar-refractivity contribution in [3.05, 3.63) is 60.0 Å². The quantitative estimate of drug-likeness (QED) is 0.728. The Labute approximate surface area is 90.8 Å². The Morgan fingerprint density at radius 3 is 3.07 bits per heavy atom. The van der Waals surface area contributed by atoms with Crippen LogP contribution in [0.2, 0.25) is 0 Å². The van der Waals surface area contributed by atoms with Crippen molar-refractivity contribution in [3.63, 3.8) is 0 Å². The summed E-state index contributed by atoms with van der Waals surface area (Å²) in [6, 6.07) is 0. The van der Waals surface area contributed by atoms with Gasteiger partial charge in [0.15, 0.2) is 0 Å². The van der Waals surface area contributed by atoms with Crippen molar-refractivity contribution < 1.29 is 0 Å². The average Bonchev–Trinajstić information content (AvgIpc) is 2.32. The van der Waals surface area contributed by atoms with Gasteiger partial charge in [0.25, 0.3) is 0 Å². The lowest BCUT2D eigenvalue weighted by molar-refractivity contribution is 0.894. The molecule has 2 N–H and O–H groups in total. The molecule has 0 aliphatic carbocycles. The van der Waals surface area contributed by atoms with Crippen molar-refractivity contribution in [2.24, 2.45) is 0 Å². The fraction of sp³-hybridized carbons (Fsp3) is 0.231.